The molecule has 1 amide bonds. The summed E-state index contributed by atoms with van der Waals surface area (Å²) in [5.74, 6) is 0.499. The lowest BCUT2D eigenvalue weighted by molar-refractivity contribution is -0.126. The first-order valence-electron chi connectivity index (χ1n) is 10.1. The summed E-state index contributed by atoms with van der Waals surface area (Å²) in [6.45, 7) is 1.40. The third-order valence-electron chi connectivity index (χ3n) is 5.72. The minimum Gasteiger partial charge on any atom is -0.480 e. The summed E-state index contributed by atoms with van der Waals surface area (Å²) in [5.41, 5.74) is 4.90. The second-order valence-electron chi connectivity index (χ2n) is 7.48. The molecule has 0 saturated heterocycles. The van der Waals surface area contributed by atoms with E-state index in [1.807, 2.05) is 40.8 Å². The minimum atomic E-state index is 0.00341. The molecule has 0 unspecified atom stereocenters. The first-order chi connectivity index (χ1) is 15.2. The van der Waals surface area contributed by atoms with E-state index >= 15 is 0 Å². The van der Waals surface area contributed by atoms with Crippen LogP contribution >= 0.6 is 11.3 Å². The highest BCUT2D eigenvalue weighted by molar-refractivity contribution is 7.10. The van der Waals surface area contributed by atoms with Crippen LogP contribution < -0.4 is 4.74 Å². The van der Waals surface area contributed by atoms with Crippen molar-refractivity contribution in [1.29, 1.82) is 0 Å². The Morgan fingerprint density at radius 3 is 2.84 bits per heavy atom. The maximum absolute atomic E-state index is 13.0. The van der Waals surface area contributed by atoms with Crippen LogP contribution in [0.4, 0.5) is 0 Å². The maximum Gasteiger partial charge on any atom is 0.246 e. The normalized spacial score (nSPS) is 13.7. The zero-order valence-corrected chi connectivity index (χ0v) is 18.2. The van der Waals surface area contributed by atoms with Crippen molar-refractivity contribution in [2.75, 3.05) is 13.7 Å². The molecule has 0 bridgehead atoms. The number of rotatable bonds is 4. The Bertz CT molecular complexity index is 1290. The van der Waals surface area contributed by atoms with E-state index < -0.39 is 0 Å². The van der Waals surface area contributed by atoms with Gasteiger partial charge in [-0.25, -0.2) is 9.97 Å². The van der Waals surface area contributed by atoms with E-state index in [1.54, 1.807) is 24.5 Å². The van der Waals surface area contributed by atoms with E-state index in [1.165, 1.54) is 16.8 Å². The molecule has 4 aromatic rings. The molecule has 3 aromatic heterocycles. The molecule has 0 atom stereocenters. The van der Waals surface area contributed by atoms with Gasteiger partial charge in [0.25, 0.3) is 0 Å². The average molecular weight is 431 g/mol. The number of carbonyl (C=O) groups is 1. The summed E-state index contributed by atoms with van der Waals surface area (Å²) >= 11 is 1.77. The Hall–Kier alpha value is -3.45. The number of amides is 1. The van der Waals surface area contributed by atoms with Gasteiger partial charge in [0.05, 0.1) is 18.2 Å². The summed E-state index contributed by atoms with van der Waals surface area (Å²) in [6.07, 6.45) is 5.95. The van der Waals surface area contributed by atoms with E-state index in [-0.39, 0.29) is 5.91 Å². The number of hydrogen-bond donors (Lipinski definition) is 0. The zero-order chi connectivity index (χ0) is 21.4. The summed E-state index contributed by atoms with van der Waals surface area (Å²) < 4.78 is 7.56. The Balaban J connectivity index is 1.58. The standard InChI is InChI=1S/C24H22N4O2S/c1-27-22(16-6-4-3-5-7-16)18(21-23(27)25-15-26-24(21)30-2)8-9-20(29)28-12-10-19-17(14-28)11-13-31-19/h3-9,11,13,15H,10,12,14H2,1-2H3/b9-8+. The van der Waals surface area contributed by atoms with Gasteiger partial charge in [-0.2, -0.15) is 0 Å². The average Bonchev–Trinajstić information content (AvgIpc) is 3.39. The van der Waals surface area contributed by atoms with Gasteiger partial charge in [-0.3, -0.25) is 4.79 Å². The molecule has 4 heterocycles. The second-order valence-corrected chi connectivity index (χ2v) is 8.48. The molecule has 0 fully saturated rings. The van der Waals surface area contributed by atoms with E-state index in [2.05, 4.69) is 33.5 Å². The molecule has 156 valence electrons. The highest BCUT2D eigenvalue weighted by atomic mass is 32.1. The number of nitrogens with zero attached hydrogens (tertiary/aromatic N) is 4. The van der Waals surface area contributed by atoms with Crippen LogP contribution in [0.1, 0.15) is 16.0 Å². The summed E-state index contributed by atoms with van der Waals surface area (Å²) in [7, 11) is 3.57. The largest absolute Gasteiger partial charge is 0.480 e. The smallest absolute Gasteiger partial charge is 0.246 e. The third-order valence-corrected chi connectivity index (χ3v) is 6.75. The Labute approximate surface area is 184 Å². The fourth-order valence-corrected chi connectivity index (χ4v) is 5.10. The number of hydrogen-bond acceptors (Lipinski definition) is 5. The van der Waals surface area contributed by atoms with Gasteiger partial charge in [0.1, 0.15) is 12.0 Å². The molecule has 7 heteroatoms. The molecule has 0 spiro atoms. The van der Waals surface area contributed by atoms with Gasteiger partial charge < -0.3 is 14.2 Å². The number of ether oxygens (including phenoxy) is 1. The van der Waals surface area contributed by atoms with Gasteiger partial charge in [0.2, 0.25) is 11.8 Å². The van der Waals surface area contributed by atoms with Crippen molar-refractivity contribution < 1.29 is 9.53 Å². The second kappa shape index (κ2) is 8.00. The van der Waals surface area contributed by atoms with Gasteiger partial charge >= 0.3 is 0 Å². The number of aromatic nitrogens is 3. The predicted octanol–water partition coefficient (Wildman–Crippen LogP) is 4.30. The lowest BCUT2D eigenvalue weighted by Gasteiger charge is -2.25. The van der Waals surface area contributed by atoms with E-state index in [0.717, 1.165) is 40.8 Å². The van der Waals surface area contributed by atoms with E-state index in [0.29, 0.717) is 12.4 Å². The Morgan fingerprint density at radius 2 is 2.03 bits per heavy atom. The quantitative estimate of drug-likeness (QED) is 0.453. The van der Waals surface area contributed by atoms with Crippen molar-refractivity contribution in [1.82, 2.24) is 19.4 Å². The van der Waals surface area contributed by atoms with Gasteiger partial charge in [-0.15, -0.1) is 11.3 Å². The molecule has 0 N–H and O–H groups in total. The van der Waals surface area contributed by atoms with Crippen molar-refractivity contribution in [3.63, 3.8) is 0 Å². The number of methoxy groups -OCH3 is 1. The van der Waals surface area contributed by atoms with Crippen molar-refractivity contribution in [2.45, 2.75) is 13.0 Å². The van der Waals surface area contributed by atoms with E-state index in [9.17, 15) is 4.79 Å². The van der Waals surface area contributed by atoms with Crippen LogP contribution in [0.25, 0.3) is 28.4 Å². The topological polar surface area (TPSA) is 60.3 Å². The first kappa shape index (κ1) is 19.5. The van der Waals surface area contributed by atoms with Crippen LogP contribution in [0.2, 0.25) is 0 Å². The van der Waals surface area contributed by atoms with Crippen LogP contribution in [-0.4, -0.2) is 39.0 Å². The van der Waals surface area contributed by atoms with Gasteiger partial charge in [0, 0.05) is 36.7 Å². The lowest BCUT2D eigenvalue weighted by atomic mass is 10.0. The van der Waals surface area contributed by atoms with Crippen LogP contribution in [0.15, 0.2) is 54.2 Å². The van der Waals surface area contributed by atoms with Gasteiger partial charge in [-0.1, -0.05) is 30.3 Å². The molecule has 31 heavy (non-hydrogen) atoms. The number of aryl methyl sites for hydroxylation is 1. The molecule has 6 nitrogen and oxygen atoms in total. The fourth-order valence-electron chi connectivity index (χ4n) is 4.21. The van der Waals surface area contributed by atoms with Gasteiger partial charge in [-0.05, 0) is 35.1 Å². The highest BCUT2D eigenvalue weighted by Gasteiger charge is 2.22. The predicted molar refractivity (Wildman–Crippen MR) is 123 cm³/mol. The molecule has 1 aliphatic rings. The van der Waals surface area contributed by atoms with Crippen LogP contribution in [0.3, 0.4) is 0 Å². The molecule has 0 saturated carbocycles. The number of thiophene rings is 1. The van der Waals surface area contributed by atoms with Crippen molar-refractivity contribution >= 4 is 34.4 Å². The lowest BCUT2D eigenvalue weighted by Crippen LogP contribution is -2.34. The zero-order valence-electron chi connectivity index (χ0n) is 17.4. The number of fused-ring (bicyclic) bond motifs is 2. The van der Waals surface area contributed by atoms with Crippen molar-refractivity contribution in [2.24, 2.45) is 7.05 Å². The van der Waals surface area contributed by atoms with Crippen LogP contribution in [0, 0.1) is 0 Å². The maximum atomic E-state index is 13.0. The van der Waals surface area contributed by atoms with Crippen molar-refractivity contribution in [3.8, 4) is 17.1 Å². The summed E-state index contributed by atoms with van der Waals surface area (Å²) in [4.78, 5) is 25.1. The van der Waals surface area contributed by atoms with Crippen LogP contribution in [0.5, 0.6) is 5.88 Å². The first-order valence-corrected chi connectivity index (χ1v) is 11.0. The summed E-state index contributed by atoms with van der Waals surface area (Å²) in [5, 5.41) is 2.90. The Kier molecular flexibility index (Phi) is 5.03. The minimum absolute atomic E-state index is 0.00341. The Morgan fingerprint density at radius 1 is 1.19 bits per heavy atom. The highest BCUT2D eigenvalue weighted by Crippen LogP contribution is 2.37. The molecule has 0 radical (unpaired) electrons. The summed E-state index contributed by atoms with van der Waals surface area (Å²) in [6, 6.07) is 12.2. The molecule has 1 aliphatic heterocycles. The fraction of sp³-hybridized carbons (Fsp3) is 0.208. The van der Waals surface area contributed by atoms with Crippen molar-refractivity contribution in [3.05, 3.63) is 70.2 Å². The monoisotopic (exact) mass is 430 g/mol. The third kappa shape index (κ3) is 3.41. The van der Waals surface area contributed by atoms with E-state index in [4.69, 9.17) is 4.74 Å². The molecule has 5 rings (SSSR count). The SMILES string of the molecule is COc1ncnc2c1c(/C=C/C(=O)N1CCc3sccc3C1)c(-c1ccccc1)n2C. The molecule has 1 aromatic carbocycles. The van der Waals surface area contributed by atoms with Crippen LogP contribution in [-0.2, 0) is 24.8 Å². The molecular weight excluding hydrogens is 408 g/mol. The number of carbonyl (C=O) groups excluding carboxylic acids is 1. The molecular formula is C24H22N4O2S. The van der Waals surface area contributed by atoms with Gasteiger partial charge in [0.15, 0.2) is 0 Å². The molecule has 0 aliphatic carbocycles. The number of benzene rings is 1.